The van der Waals surface area contributed by atoms with E-state index in [0.717, 1.165) is 26.6 Å². The van der Waals surface area contributed by atoms with Gasteiger partial charge in [-0.25, -0.2) is 8.42 Å². The van der Waals surface area contributed by atoms with Crippen LogP contribution in [0.2, 0.25) is 5.02 Å². The number of amides is 2. The Morgan fingerprint density at radius 2 is 1.39 bits per heavy atom. The molecule has 0 aliphatic heterocycles. The standard InChI is InChI=1S/C37H42ClN3O4S/c1-26-15-17-33(18-16-26)46(44,45)41(32-20-27(2)19-28(3)21-32)25-35(42)40(24-30-13-10-14-31(38)22-30)34(36(43)39-37(4,5)6)23-29-11-8-7-9-12-29/h7-22,34H,23-25H2,1-6H3,(H,39,43)/t34-/m0/s1. The van der Waals surface area contributed by atoms with Gasteiger partial charge in [-0.15, -0.1) is 0 Å². The molecule has 0 saturated heterocycles. The zero-order valence-electron chi connectivity index (χ0n) is 27.2. The van der Waals surface area contributed by atoms with Crippen LogP contribution in [0, 0.1) is 20.8 Å². The van der Waals surface area contributed by atoms with Crippen LogP contribution in [0.1, 0.15) is 48.6 Å². The monoisotopic (exact) mass is 659 g/mol. The van der Waals surface area contributed by atoms with Gasteiger partial charge in [0, 0.05) is 23.5 Å². The number of carbonyl (C=O) groups is 2. The molecule has 1 N–H and O–H groups in total. The maximum absolute atomic E-state index is 14.6. The number of nitrogens with zero attached hydrogens (tertiary/aromatic N) is 2. The molecule has 4 aromatic rings. The number of aryl methyl sites for hydroxylation is 3. The molecule has 0 saturated carbocycles. The van der Waals surface area contributed by atoms with Gasteiger partial charge in [0.1, 0.15) is 12.6 Å². The average Bonchev–Trinajstić information content (AvgIpc) is 2.97. The number of hydrogen-bond acceptors (Lipinski definition) is 4. The second-order valence-electron chi connectivity index (χ2n) is 12.8. The molecule has 1 atom stereocenters. The normalized spacial score (nSPS) is 12.3. The van der Waals surface area contributed by atoms with Gasteiger partial charge in [-0.1, -0.05) is 77.8 Å². The van der Waals surface area contributed by atoms with Crippen LogP contribution < -0.4 is 9.62 Å². The van der Waals surface area contributed by atoms with Crippen LogP contribution in [0.15, 0.2) is 102 Å². The van der Waals surface area contributed by atoms with Crippen molar-refractivity contribution in [2.75, 3.05) is 10.8 Å². The van der Waals surface area contributed by atoms with Crippen molar-refractivity contribution in [1.82, 2.24) is 10.2 Å². The molecule has 0 bridgehead atoms. The summed E-state index contributed by atoms with van der Waals surface area (Å²) in [6.45, 7) is 10.8. The molecule has 0 unspecified atom stereocenters. The van der Waals surface area contributed by atoms with Crippen molar-refractivity contribution in [3.8, 4) is 0 Å². The minimum Gasteiger partial charge on any atom is -0.350 e. The highest BCUT2D eigenvalue weighted by molar-refractivity contribution is 7.92. The van der Waals surface area contributed by atoms with Crippen molar-refractivity contribution >= 4 is 39.1 Å². The van der Waals surface area contributed by atoms with Gasteiger partial charge >= 0.3 is 0 Å². The van der Waals surface area contributed by atoms with E-state index in [1.165, 1.54) is 4.90 Å². The van der Waals surface area contributed by atoms with Crippen LogP contribution in [0.3, 0.4) is 0 Å². The molecule has 242 valence electrons. The molecular weight excluding hydrogens is 618 g/mol. The van der Waals surface area contributed by atoms with Crippen molar-refractivity contribution in [3.05, 3.63) is 130 Å². The molecule has 2 amide bonds. The first kappa shape index (κ1) is 34.7. The van der Waals surface area contributed by atoms with E-state index in [2.05, 4.69) is 5.32 Å². The molecule has 46 heavy (non-hydrogen) atoms. The Kier molecular flexibility index (Phi) is 11.0. The van der Waals surface area contributed by atoms with E-state index in [0.29, 0.717) is 16.3 Å². The van der Waals surface area contributed by atoms with Crippen LogP contribution in [-0.4, -0.2) is 43.3 Å². The number of sulfonamides is 1. The van der Waals surface area contributed by atoms with Gasteiger partial charge in [0.2, 0.25) is 11.8 Å². The summed E-state index contributed by atoms with van der Waals surface area (Å²) in [5.41, 5.74) is 3.99. The average molecular weight is 660 g/mol. The first-order valence-corrected chi connectivity index (χ1v) is 17.0. The predicted octanol–water partition coefficient (Wildman–Crippen LogP) is 7.02. The first-order valence-electron chi connectivity index (χ1n) is 15.2. The second-order valence-corrected chi connectivity index (χ2v) is 15.1. The predicted molar refractivity (Wildman–Crippen MR) is 185 cm³/mol. The maximum atomic E-state index is 14.6. The number of hydrogen-bond donors (Lipinski definition) is 1. The molecule has 0 aliphatic carbocycles. The lowest BCUT2D eigenvalue weighted by molar-refractivity contribution is -0.140. The van der Waals surface area contributed by atoms with E-state index in [-0.39, 0.29) is 23.8 Å². The van der Waals surface area contributed by atoms with Crippen molar-refractivity contribution in [3.63, 3.8) is 0 Å². The highest BCUT2D eigenvalue weighted by Gasteiger charge is 2.35. The van der Waals surface area contributed by atoms with Crippen LogP contribution >= 0.6 is 11.6 Å². The zero-order chi connectivity index (χ0) is 33.6. The maximum Gasteiger partial charge on any atom is 0.264 e. The van der Waals surface area contributed by atoms with Gasteiger partial charge in [-0.3, -0.25) is 13.9 Å². The van der Waals surface area contributed by atoms with Crippen LogP contribution in [0.4, 0.5) is 5.69 Å². The molecule has 0 fully saturated rings. The lowest BCUT2D eigenvalue weighted by Gasteiger charge is -2.35. The Bertz CT molecular complexity index is 1770. The highest BCUT2D eigenvalue weighted by atomic mass is 35.5. The molecule has 0 aliphatic rings. The molecule has 4 rings (SSSR count). The van der Waals surface area contributed by atoms with Crippen molar-refractivity contribution in [2.45, 2.75) is 71.0 Å². The third-order valence-corrected chi connectivity index (χ3v) is 9.42. The van der Waals surface area contributed by atoms with Crippen LogP contribution in [-0.2, 0) is 32.6 Å². The Balaban J connectivity index is 1.84. The summed E-state index contributed by atoms with van der Waals surface area (Å²) in [6.07, 6.45) is 0.226. The Morgan fingerprint density at radius 3 is 1.98 bits per heavy atom. The third-order valence-electron chi connectivity index (χ3n) is 7.39. The van der Waals surface area contributed by atoms with Gasteiger partial charge in [-0.05, 0) is 100 Å². The van der Waals surface area contributed by atoms with Gasteiger partial charge < -0.3 is 10.2 Å². The molecule has 4 aromatic carbocycles. The molecular formula is C37H42ClN3O4S. The quantitative estimate of drug-likeness (QED) is 0.188. The Hall–Kier alpha value is -4.14. The lowest BCUT2D eigenvalue weighted by Crippen LogP contribution is -2.56. The number of rotatable bonds is 11. The fourth-order valence-corrected chi connectivity index (χ4v) is 6.91. The summed E-state index contributed by atoms with van der Waals surface area (Å²) in [5.74, 6) is -0.870. The van der Waals surface area contributed by atoms with Gasteiger partial charge in [0.25, 0.3) is 10.0 Å². The van der Waals surface area contributed by atoms with E-state index in [4.69, 9.17) is 11.6 Å². The third kappa shape index (κ3) is 9.21. The number of halogens is 1. The van der Waals surface area contributed by atoms with E-state index in [1.807, 2.05) is 84.0 Å². The number of benzene rings is 4. The molecule has 0 radical (unpaired) electrons. The van der Waals surface area contributed by atoms with Crippen LogP contribution in [0.5, 0.6) is 0 Å². The molecule has 9 heteroatoms. The lowest BCUT2D eigenvalue weighted by atomic mass is 10.0. The number of nitrogens with one attached hydrogen (secondary N) is 1. The van der Waals surface area contributed by atoms with Crippen molar-refractivity contribution in [1.29, 1.82) is 0 Å². The fourth-order valence-electron chi connectivity index (χ4n) is 5.30. The number of anilines is 1. The Morgan fingerprint density at radius 1 is 0.783 bits per heavy atom. The summed E-state index contributed by atoms with van der Waals surface area (Å²) in [6, 6.07) is 27.6. The van der Waals surface area contributed by atoms with E-state index in [9.17, 15) is 18.0 Å². The largest absolute Gasteiger partial charge is 0.350 e. The molecule has 7 nitrogen and oxygen atoms in total. The second kappa shape index (κ2) is 14.5. The van der Waals surface area contributed by atoms with E-state index >= 15 is 0 Å². The molecule has 0 heterocycles. The summed E-state index contributed by atoms with van der Waals surface area (Å²) in [7, 11) is -4.18. The van der Waals surface area contributed by atoms with E-state index < -0.39 is 34.1 Å². The van der Waals surface area contributed by atoms with E-state index in [1.54, 1.807) is 54.6 Å². The zero-order valence-corrected chi connectivity index (χ0v) is 28.8. The highest BCUT2D eigenvalue weighted by Crippen LogP contribution is 2.27. The Labute approximate surface area is 278 Å². The topological polar surface area (TPSA) is 86.8 Å². The van der Waals surface area contributed by atoms with Gasteiger partial charge in [0.05, 0.1) is 10.6 Å². The molecule has 0 spiro atoms. The van der Waals surface area contributed by atoms with Crippen molar-refractivity contribution < 1.29 is 18.0 Å². The summed E-state index contributed by atoms with van der Waals surface area (Å²) >= 11 is 6.33. The number of carbonyl (C=O) groups excluding carboxylic acids is 2. The fraction of sp³-hybridized carbons (Fsp3) is 0.297. The smallest absolute Gasteiger partial charge is 0.264 e. The van der Waals surface area contributed by atoms with Gasteiger partial charge in [-0.2, -0.15) is 0 Å². The van der Waals surface area contributed by atoms with Crippen molar-refractivity contribution in [2.24, 2.45) is 0 Å². The minimum absolute atomic E-state index is 0.0414. The summed E-state index contributed by atoms with van der Waals surface area (Å²) in [5, 5.41) is 3.53. The van der Waals surface area contributed by atoms with Crippen LogP contribution in [0.25, 0.3) is 0 Å². The SMILES string of the molecule is Cc1ccc(S(=O)(=O)N(CC(=O)N(Cc2cccc(Cl)c2)[C@@H](Cc2ccccc2)C(=O)NC(C)(C)C)c2cc(C)cc(C)c2)cc1. The summed E-state index contributed by atoms with van der Waals surface area (Å²) < 4.78 is 29.7. The first-order chi connectivity index (χ1) is 21.6. The molecule has 0 aromatic heterocycles. The minimum atomic E-state index is -4.18. The summed E-state index contributed by atoms with van der Waals surface area (Å²) in [4.78, 5) is 30.2. The van der Waals surface area contributed by atoms with Gasteiger partial charge in [0.15, 0.2) is 0 Å².